The van der Waals surface area contributed by atoms with Gasteiger partial charge in [0.1, 0.15) is 5.69 Å². The van der Waals surface area contributed by atoms with E-state index in [1.165, 1.54) is 35.1 Å². The molecule has 0 aliphatic rings. The summed E-state index contributed by atoms with van der Waals surface area (Å²) in [5.74, 6) is 0. The number of pyridine rings is 4. The molecule has 14 nitrogen and oxygen atoms in total. The minimum Gasteiger partial charge on any atom is -0.753 e. The van der Waals surface area contributed by atoms with E-state index in [4.69, 9.17) is 5.41 Å². The second-order valence-electron chi connectivity index (χ2n) is 18.8. The van der Waals surface area contributed by atoms with Crippen LogP contribution in [0.15, 0.2) is 165 Å². The van der Waals surface area contributed by atoms with Gasteiger partial charge in [-0.3, -0.25) is 29.3 Å². The van der Waals surface area contributed by atoms with Crippen LogP contribution >= 0.6 is 12.2 Å². The quantitative estimate of drug-likeness (QED) is 0.0222. The molecule has 8 aromatic rings. The fourth-order valence-electron chi connectivity index (χ4n) is 7.52. The molecule has 0 aliphatic carbocycles. The molecule has 0 spiro atoms. The number of halogens is 3. The number of benzene rings is 3. The van der Waals surface area contributed by atoms with Crippen molar-refractivity contribution in [2.24, 2.45) is 0 Å². The molecule has 19 heteroatoms. The van der Waals surface area contributed by atoms with Gasteiger partial charge < -0.3 is 34.7 Å². The molecule has 0 saturated carbocycles. The van der Waals surface area contributed by atoms with Gasteiger partial charge in [0, 0.05) is 41.3 Å². The minimum atomic E-state index is -4.55. The zero-order chi connectivity index (χ0) is 56.3. The van der Waals surface area contributed by atoms with Crippen LogP contribution < -0.4 is 10.00 Å². The number of hydrogen-bond donors (Lipinski definition) is 0. The number of aromatic nitrogens is 6. The SMILES string of the molecule is CC(C)(C)c1ccc(N(c2ccc(-c3ccnc(-c4cc(C(F)(F)F)n[n-]4)c3)cc2)c2ccc(C(C)(C)C)cc2)cc1.O=CO/C=C/c1ccnc(-c2cc(/C=C/OC=O)cc(-c3cc(/C=C/OC=O)ccn3)n2)c1.[N-]=C=S.[Ru+2]. The van der Waals surface area contributed by atoms with Crippen LogP contribution in [-0.4, -0.2) is 49.6 Å². The molecule has 0 N–H and O–H groups in total. The number of thiocarbonyl (C=S) groups is 1. The third-order valence-corrected chi connectivity index (χ3v) is 11.4. The van der Waals surface area contributed by atoms with Gasteiger partial charge in [-0.2, -0.15) is 18.3 Å². The predicted octanol–water partition coefficient (Wildman–Crippen LogP) is 14.1. The summed E-state index contributed by atoms with van der Waals surface area (Å²) >= 11 is 3.70. The summed E-state index contributed by atoms with van der Waals surface area (Å²) in [5, 5.41) is 15.4. The second-order valence-corrected chi connectivity index (χ2v) is 19.0. The Morgan fingerprint density at radius 1 is 0.532 bits per heavy atom. The molecule has 0 fully saturated rings. The van der Waals surface area contributed by atoms with E-state index in [0.29, 0.717) is 53.4 Å². The van der Waals surface area contributed by atoms with E-state index in [2.05, 4.69) is 164 Å². The first-order valence-corrected chi connectivity index (χ1v) is 24.1. The molecular weight excluding hydrogens is 1120 g/mol. The van der Waals surface area contributed by atoms with Crippen LogP contribution in [0, 0.1) is 0 Å². The molecule has 0 bridgehead atoms. The van der Waals surface area contributed by atoms with Crippen LogP contribution in [0.5, 0.6) is 0 Å². The van der Waals surface area contributed by atoms with E-state index < -0.39 is 11.9 Å². The molecule has 79 heavy (non-hydrogen) atoms. The minimum absolute atomic E-state index is 0. The monoisotopic (exact) mass is 1170 g/mol. The van der Waals surface area contributed by atoms with E-state index in [0.717, 1.165) is 45.4 Å². The van der Waals surface area contributed by atoms with Crippen LogP contribution in [0.3, 0.4) is 0 Å². The second kappa shape index (κ2) is 28.5. The summed E-state index contributed by atoms with van der Waals surface area (Å²) in [6.07, 6.45) is 8.83. The summed E-state index contributed by atoms with van der Waals surface area (Å²) in [6.45, 7) is 14.2. The normalized spacial score (nSPS) is 11.3. The Kier molecular flexibility index (Phi) is 22.0. The first kappa shape index (κ1) is 61.0. The molecule has 0 radical (unpaired) electrons. The fraction of sp³-hybridized carbons (Fsp3) is 0.150. The van der Waals surface area contributed by atoms with Gasteiger partial charge in [0.05, 0.1) is 41.6 Å². The topological polar surface area (TPSA) is 183 Å². The molecule has 402 valence electrons. The Bertz CT molecular complexity index is 3300. The van der Waals surface area contributed by atoms with Crippen molar-refractivity contribution in [1.82, 2.24) is 30.1 Å². The summed E-state index contributed by atoms with van der Waals surface area (Å²) in [7, 11) is 0. The van der Waals surface area contributed by atoms with Crippen molar-refractivity contribution in [1.29, 1.82) is 0 Å². The van der Waals surface area contributed by atoms with Gasteiger partial charge in [-0.1, -0.05) is 95.9 Å². The van der Waals surface area contributed by atoms with Gasteiger partial charge in [0.2, 0.25) is 0 Å². The average molecular weight is 1170 g/mol. The third-order valence-electron chi connectivity index (χ3n) is 11.4. The maximum Gasteiger partial charge on any atom is 2.00 e. The van der Waals surface area contributed by atoms with Crippen molar-refractivity contribution in [3.8, 4) is 45.3 Å². The number of rotatable bonds is 16. The molecule has 0 aliphatic heterocycles. The summed E-state index contributed by atoms with van der Waals surface area (Å²) in [4.78, 5) is 51.0. The summed E-state index contributed by atoms with van der Waals surface area (Å²) in [6, 6.07) is 40.5. The van der Waals surface area contributed by atoms with E-state index >= 15 is 0 Å². The molecule has 8 rings (SSSR count). The Morgan fingerprint density at radius 3 is 1.33 bits per heavy atom. The van der Waals surface area contributed by atoms with E-state index in [-0.39, 0.29) is 36.0 Å². The molecule has 0 amide bonds. The molecule has 3 aromatic carbocycles. The van der Waals surface area contributed by atoms with Gasteiger partial charge in [0.15, 0.2) is 0 Å². The Labute approximate surface area is 473 Å². The Hall–Kier alpha value is -8.89. The number of hydrogen-bond acceptors (Lipinski definition) is 13. The smallest absolute Gasteiger partial charge is 0.753 e. The summed E-state index contributed by atoms with van der Waals surface area (Å²) in [5.41, 5.74) is 11.2. The number of alkyl halides is 3. The maximum atomic E-state index is 13.0. The molecule has 5 heterocycles. The van der Waals surface area contributed by atoms with E-state index in [9.17, 15) is 27.6 Å². The zero-order valence-corrected chi connectivity index (χ0v) is 46.0. The zero-order valence-electron chi connectivity index (χ0n) is 43.5. The van der Waals surface area contributed by atoms with Crippen molar-refractivity contribution in [2.45, 2.75) is 58.5 Å². The maximum absolute atomic E-state index is 13.0. The number of nitrogens with zero attached hydrogens (tertiary/aromatic N) is 8. The molecule has 5 aromatic heterocycles. The van der Waals surface area contributed by atoms with Gasteiger partial charge in [0.25, 0.3) is 19.4 Å². The van der Waals surface area contributed by atoms with Crippen LogP contribution in [0.4, 0.5) is 30.2 Å². The largest absolute Gasteiger partial charge is 2.00 e. The predicted molar refractivity (Wildman–Crippen MR) is 299 cm³/mol. The number of carbonyl (C=O) groups excluding carboxylic acids is 3. The van der Waals surface area contributed by atoms with Crippen LogP contribution in [-0.2, 0) is 65.1 Å². The van der Waals surface area contributed by atoms with E-state index in [1.807, 2.05) is 18.2 Å². The average Bonchev–Trinajstić information content (AvgIpc) is 3.95. The number of carbonyl (C=O) groups is 3. The van der Waals surface area contributed by atoms with E-state index in [1.54, 1.807) is 79.3 Å². The van der Waals surface area contributed by atoms with Crippen molar-refractivity contribution in [3.05, 3.63) is 204 Å². The number of isothiocyanates is 1. The molecule has 0 saturated heterocycles. The first-order valence-electron chi connectivity index (χ1n) is 23.7. The Balaban J connectivity index is 0.000000281. The van der Waals surface area contributed by atoms with Gasteiger partial charge in [-0.05, 0) is 159 Å². The Morgan fingerprint density at radius 2 is 0.924 bits per heavy atom. The van der Waals surface area contributed by atoms with Gasteiger partial charge in [-0.15, -0.1) is 0 Å². The van der Waals surface area contributed by atoms with Crippen LogP contribution in [0.25, 0.3) is 68.9 Å². The molecular formula is C60H51F3N8O6RuS. The van der Waals surface area contributed by atoms with Crippen molar-refractivity contribution in [3.63, 3.8) is 0 Å². The van der Waals surface area contributed by atoms with Crippen LogP contribution in [0.1, 0.15) is 75.1 Å². The number of ether oxygens (including phenoxy) is 3. The van der Waals surface area contributed by atoms with Crippen molar-refractivity contribution < 1.29 is 61.2 Å². The third kappa shape index (κ3) is 17.6. The van der Waals surface area contributed by atoms with Crippen molar-refractivity contribution >= 4 is 72.1 Å². The number of anilines is 3. The molecule has 0 unspecified atom stereocenters. The standard InChI is InChI=1S/C35H34F3N4.C24H17N3O6.CNS.Ru/c1-33(2,3)25-9-15-28(16-10-25)42(29-17-11-26(12-18-29)34(4,5)6)27-13-7-23(8-14-27)24-19-20-39-30(21-24)31-22-32(41-40-31)35(36,37)38;28-15-31-8-3-18-1-6-25-21(11-18)23-13-20(5-10-33-17-30)14-24(27-23)22-12-19(2-7-26-22)4-9-32-16-29;2-1-3;/h7-22H,1-6H3;1-17H;;/q-1;;-1;+2/b;8-3+,9-4+,10-5+;;. The summed E-state index contributed by atoms with van der Waals surface area (Å²) < 4.78 is 52.9. The fourth-order valence-corrected chi connectivity index (χ4v) is 7.52. The van der Waals surface area contributed by atoms with Gasteiger partial charge in [-0.25, -0.2) is 4.98 Å². The first-order chi connectivity index (χ1) is 37.3. The van der Waals surface area contributed by atoms with Crippen LogP contribution in [0.2, 0.25) is 0 Å². The molecule has 0 atom stereocenters. The van der Waals surface area contributed by atoms with Crippen molar-refractivity contribution in [2.75, 3.05) is 4.90 Å². The van der Waals surface area contributed by atoms with Gasteiger partial charge >= 0.3 is 25.7 Å².